The Bertz CT molecular complexity index is 558. The van der Waals surface area contributed by atoms with Crippen LogP contribution in [0.2, 0.25) is 0 Å². The second-order valence-corrected chi connectivity index (χ2v) is 4.77. The van der Waals surface area contributed by atoms with E-state index in [0.717, 1.165) is 12.8 Å². The maximum atomic E-state index is 9.65. The normalized spacial score (nSPS) is 11.4. The Labute approximate surface area is 123 Å². The molecular weight excluding hydrogens is 270 g/mol. The summed E-state index contributed by atoms with van der Waals surface area (Å²) in [7, 11) is 1.75. The quantitative estimate of drug-likeness (QED) is 0.701. The van der Waals surface area contributed by atoms with Crippen LogP contribution in [0.25, 0.3) is 5.95 Å². The average molecular weight is 291 g/mol. The zero-order valence-electron chi connectivity index (χ0n) is 12.5. The van der Waals surface area contributed by atoms with Crippen LogP contribution >= 0.6 is 0 Å². The molecule has 2 aromatic heterocycles. The number of hydrogen-bond acceptors (Lipinski definition) is 7. The predicted molar refractivity (Wildman–Crippen MR) is 80.5 cm³/mol. The van der Waals surface area contributed by atoms with Gasteiger partial charge in [0.15, 0.2) is 0 Å². The third kappa shape index (κ3) is 3.27. The molecule has 0 aliphatic rings. The van der Waals surface area contributed by atoms with Gasteiger partial charge in [0.05, 0.1) is 12.1 Å². The van der Waals surface area contributed by atoms with Crippen molar-refractivity contribution in [1.29, 1.82) is 0 Å². The van der Waals surface area contributed by atoms with E-state index in [4.69, 9.17) is 0 Å². The molecule has 0 spiro atoms. The van der Waals surface area contributed by atoms with Crippen LogP contribution in [0.4, 0.5) is 11.9 Å². The Kier molecular flexibility index (Phi) is 4.69. The van der Waals surface area contributed by atoms with E-state index in [1.807, 2.05) is 13.8 Å². The van der Waals surface area contributed by atoms with Crippen molar-refractivity contribution in [3.8, 4) is 5.95 Å². The van der Waals surface area contributed by atoms with E-state index < -0.39 is 5.54 Å². The molecule has 0 atom stereocenters. The first kappa shape index (κ1) is 15.2. The van der Waals surface area contributed by atoms with Crippen LogP contribution in [0.1, 0.15) is 26.7 Å². The topological polar surface area (TPSA) is 101 Å². The van der Waals surface area contributed by atoms with E-state index in [1.165, 1.54) is 0 Å². The molecule has 0 aliphatic heterocycles. The largest absolute Gasteiger partial charge is 0.394 e. The number of aromatic nitrogens is 5. The second kappa shape index (κ2) is 6.49. The monoisotopic (exact) mass is 291 g/mol. The average Bonchev–Trinajstić information content (AvgIpc) is 3.07. The fourth-order valence-corrected chi connectivity index (χ4v) is 1.95. The van der Waals surface area contributed by atoms with Gasteiger partial charge in [0.25, 0.3) is 0 Å². The van der Waals surface area contributed by atoms with Crippen molar-refractivity contribution >= 4 is 11.9 Å². The Balaban J connectivity index is 2.37. The van der Waals surface area contributed by atoms with Crippen LogP contribution in [0.15, 0.2) is 18.7 Å². The van der Waals surface area contributed by atoms with Crippen LogP contribution < -0.4 is 10.6 Å². The van der Waals surface area contributed by atoms with Gasteiger partial charge in [0, 0.05) is 19.4 Å². The van der Waals surface area contributed by atoms with E-state index in [2.05, 4.69) is 30.6 Å². The number of hydrogen-bond donors (Lipinski definition) is 3. The zero-order valence-corrected chi connectivity index (χ0v) is 12.5. The standard InChI is InChI=1S/C13H21N7O/c1-4-13(5-2,8-21)19-11-16-10(14-3)17-12(18-11)20-7-6-15-9-20/h6-7,9,21H,4-5,8H2,1-3H3,(H2,14,16,17,18,19). The van der Waals surface area contributed by atoms with Crippen molar-refractivity contribution in [3.63, 3.8) is 0 Å². The molecule has 2 heterocycles. The molecule has 0 radical (unpaired) electrons. The minimum Gasteiger partial charge on any atom is -0.394 e. The van der Waals surface area contributed by atoms with E-state index in [0.29, 0.717) is 17.8 Å². The molecule has 21 heavy (non-hydrogen) atoms. The molecule has 8 heteroatoms. The highest BCUT2D eigenvalue weighted by molar-refractivity contribution is 5.39. The molecule has 8 nitrogen and oxygen atoms in total. The second-order valence-electron chi connectivity index (χ2n) is 4.77. The molecule has 0 saturated carbocycles. The Hall–Kier alpha value is -2.22. The molecule has 0 fully saturated rings. The minimum absolute atomic E-state index is 0.0149. The summed E-state index contributed by atoms with van der Waals surface area (Å²) in [6.07, 6.45) is 6.57. The summed E-state index contributed by atoms with van der Waals surface area (Å²) in [5.74, 6) is 1.35. The van der Waals surface area contributed by atoms with E-state index >= 15 is 0 Å². The molecule has 0 aromatic carbocycles. The maximum Gasteiger partial charge on any atom is 0.241 e. The number of nitrogens with one attached hydrogen (secondary N) is 2. The number of anilines is 2. The van der Waals surface area contributed by atoms with Crippen molar-refractivity contribution in [2.24, 2.45) is 0 Å². The van der Waals surface area contributed by atoms with Crippen LogP contribution in [0.5, 0.6) is 0 Å². The number of aliphatic hydroxyl groups excluding tert-OH is 1. The van der Waals surface area contributed by atoms with E-state index in [1.54, 1.807) is 30.3 Å². The van der Waals surface area contributed by atoms with Gasteiger partial charge >= 0.3 is 0 Å². The number of aliphatic hydroxyl groups is 1. The summed E-state index contributed by atoms with van der Waals surface area (Å²) >= 11 is 0. The molecular formula is C13H21N7O. The summed E-state index contributed by atoms with van der Waals surface area (Å²) in [6.45, 7) is 4.05. The van der Waals surface area contributed by atoms with Crippen molar-refractivity contribution in [2.45, 2.75) is 32.2 Å². The van der Waals surface area contributed by atoms with Crippen LogP contribution in [0, 0.1) is 0 Å². The summed E-state index contributed by atoms with van der Waals surface area (Å²) in [5, 5.41) is 15.8. The molecule has 114 valence electrons. The lowest BCUT2D eigenvalue weighted by molar-refractivity contribution is 0.201. The third-order valence-corrected chi connectivity index (χ3v) is 3.62. The van der Waals surface area contributed by atoms with Gasteiger partial charge in [0.1, 0.15) is 6.33 Å². The molecule has 3 N–H and O–H groups in total. The summed E-state index contributed by atoms with van der Waals surface area (Å²) in [4.78, 5) is 17.0. The Morgan fingerprint density at radius 3 is 2.43 bits per heavy atom. The van der Waals surface area contributed by atoms with Crippen molar-refractivity contribution in [1.82, 2.24) is 24.5 Å². The highest BCUT2D eigenvalue weighted by Crippen LogP contribution is 2.20. The van der Waals surface area contributed by atoms with Crippen LogP contribution in [0.3, 0.4) is 0 Å². The van der Waals surface area contributed by atoms with E-state index in [-0.39, 0.29) is 6.61 Å². The highest BCUT2D eigenvalue weighted by Gasteiger charge is 2.26. The van der Waals surface area contributed by atoms with Gasteiger partial charge in [0.2, 0.25) is 17.8 Å². The van der Waals surface area contributed by atoms with Gasteiger partial charge in [-0.25, -0.2) is 4.98 Å². The summed E-state index contributed by atoms with van der Waals surface area (Å²) in [5.41, 5.74) is -0.432. The lowest BCUT2D eigenvalue weighted by atomic mass is 9.94. The Morgan fingerprint density at radius 2 is 1.90 bits per heavy atom. The SMILES string of the molecule is CCC(CC)(CO)Nc1nc(NC)nc(-n2ccnc2)n1. The smallest absolute Gasteiger partial charge is 0.241 e. The number of nitrogens with zero attached hydrogens (tertiary/aromatic N) is 5. The first-order valence-corrected chi connectivity index (χ1v) is 6.97. The lowest BCUT2D eigenvalue weighted by Gasteiger charge is -2.30. The van der Waals surface area contributed by atoms with Gasteiger partial charge < -0.3 is 15.7 Å². The molecule has 2 rings (SSSR count). The van der Waals surface area contributed by atoms with Crippen LogP contribution in [-0.4, -0.2) is 48.8 Å². The third-order valence-electron chi connectivity index (χ3n) is 3.62. The fourth-order valence-electron chi connectivity index (χ4n) is 1.95. The molecule has 0 aliphatic carbocycles. The molecule has 0 unspecified atom stereocenters. The predicted octanol–water partition coefficient (Wildman–Crippen LogP) is 1.06. The maximum absolute atomic E-state index is 9.65. The summed E-state index contributed by atoms with van der Waals surface area (Å²) in [6, 6.07) is 0. The van der Waals surface area contributed by atoms with Crippen molar-refractivity contribution in [2.75, 3.05) is 24.3 Å². The Morgan fingerprint density at radius 1 is 1.19 bits per heavy atom. The van der Waals surface area contributed by atoms with Gasteiger partial charge in [-0.15, -0.1) is 0 Å². The first-order valence-electron chi connectivity index (χ1n) is 6.97. The lowest BCUT2D eigenvalue weighted by Crippen LogP contribution is -2.41. The minimum atomic E-state index is -0.432. The molecule has 0 bridgehead atoms. The van der Waals surface area contributed by atoms with Gasteiger partial charge in [-0.05, 0) is 12.8 Å². The molecule has 0 saturated heterocycles. The summed E-state index contributed by atoms with van der Waals surface area (Å²) < 4.78 is 1.70. The van der Waals surface area contributed by atoms with Crippen molar-refractivity contribution in [3.05, 3.63) is 18.7 Å². The fraction of sp³-hybridized carbons (Fsp3) is 0.538. The van der Waals surface area contributed by atoms with Crippen LogP contribution in [-0.2, 0) is 0 Å². The molecule has 0 amide bonds. The first-order chi connectivity index (χ1) is 10.2. The molecule has 2 aromatic rings. The van der Waals surface area contributed by atoms with Gasteiger partial charge in [-0.2, -0.15) is 15.0 Å². The van der Waals surface area contributed by atoms with Gasteiger partial charge in [-0.1, -0.05) is 13.8 Å². The van der Waals surface area contributed by atoms with Gasteiger partial charge in [-0.3, -0.25) is 4.57 Å². The highest BCUT2D eigenvalue weighted by atomic mass is 16.3. The van der Waals surface area contributed by atoms with E-state index in [9.17, 15) is 5.11 Å². The number of rotatable bonds is 7. The zero-order chi connectivity index (χ0) is 15.3. The van der Waals surface area contributed by atoms with Crippen molar-refractivity contribution < 1.29 is 5.11 Å². The number of imidazole rings is 1.